The van der Waals surface area contributed by atoms with Crippen molar-refractivity contribution in [2.75, 3.05) is 12.0 Å². The third kappa shape index (κ3) is 5.51. The highest BCUT2D eigenvalue weighted by Gasteiger charge is 2.42. The number of hydrogen-bond donors (Lipinski definition) is 4. The summed E-state index contributed by atoms with van der Waals surface area (Å²) in [5, 5.41) is -1.85. The first-order chi connectivity index (χ1) is 6.19. The lowest BCUT2D eigenvalue weighted by atomic mass is 10.4. The molecule has 4 N–H and O–H groups in total. The fourth-order valence-corrected chi connectivity index (χ4v) is 4.00. The van der Waals surface area contributed by atoms with Crippen molar-refractivity contribution in [1.82, 2.24) is 0 Å². The van der Waals surface area contributed by atoms with E-state index >= 15 is 0 Å². The van der Waals surface area contributed by atoms with Crippen LogP contribution in [0.5, 0.6) is 0 Å². The molecule has 0 aromatic carbocycles. The van der Waals surface area contributed by atoms with E-state index in [1.165, 1.54) is 11.8 Å². The van der Waals surface area contributed by atoms with E-state index in [0.717, 1.165) is 0 Å². The summed E-state index contributed by atoms with van der Waals surface area (Å²) in [6.45, 7) is 0. The summed E-state index contributed by atoms with van der Waals surface area (Å²) in [5.74, 6) is 0.622. The Bertz CT molecular complexity index is 235. The van der Waals surface area contributed by atoms with Gasteiger partial charge in [-0.3, -0.25) is 9.13 Å². The SMILES string of the molecule is CSCCCC(P(=O)(O)O)P(=O)(O)O. The van der Waals surface area contributed by atoms with Crippen LogP contribution >= 0.6 is 27.0 Å². The van der Waals surface area contributed by atoms with Crippen molar-refractivity contribution in [3.63, 3.8) is 0 Å². The van der Waals surface area contributed by atoms with Crippen molar-refractivity contribution < 1.29 is 28.7 Å². The van der Waals surface area contributed by atoms with Gasteiger partial charge in [0.1, 0.15) is 0 Å². The summed E-state index contributed by atoms with van der Waals surface area (Å²) < 4.78 is 21.5. The zero-order valence-electron chi connectivity index (χ0n) is 7.61. The van der Waals surface area contributed by atoms with Crippen LogP contribution in [0, 0.1) is 0 Å². The molecule has 0 bridgehead atoms. The van der Waals surface area contributed by atoms with E-state index in [2.05, 4.69) is 0 Å². The highest BCUT2D eigenvalue weighted by Crippen LogP contribution is 2.61. The number of rotatable bonds is 6. The average Bonchev–Trinajstić information content (AvgIpc) is 1.92. The van der Waals surface area contributed by atoms with Crippen molar-refractivity contribution in [3.8, 4) is 0 Å². The topological polar surface area (TPSA) is 115 Å². The Hall–Kier alpha value is 0.650. The summed E-state index contributed by atoms with van der Waals surface area (Å²) in [5.41, 5.74) is 0. The van der Waals surface area contributed by atoms with E-state index in [1.807, 2.05) is 6.26 Å². The Labute approximate surface area is 86.4 Å². The minimum absolute atomic E-state index is 0.157. The predicted octanol–water partition coefficient (Wildman–Crippen LogP) is 0.811. The maximum atomic E-state index is 10.8. The quantitative estimate of drug-likeness (QED) is 0.414. The molecule has 0 heterocycles. The van der Waals surface area contributed by atoms with Crippen molar-refractivity contribution in [1.29, 1.82) is 0 Å². The fourth-order valence-electron chi connectivity index (χ4n) is 0.943. The summed E-state index contributed by atoms with van der Waals surface area (Å²) in [4.78, 5) is 34.9. The molecule has 6 nitrogen and oxygen atoms in total. The van der Waals surface area contributed by atoms with Gasteiger partial charge >= 0.3 is 15.2 Å². The molecule has 0 amide bonds. The second kappa shape index (κ2) is 5.66. The molecule has 0 radical (unpaired) electrons. The maximum Gasteiger partial charge on any atom is 0.340 e. The van der Waals surface area contributed by atoms with Gasteiger partial charge in [-0.05, 0) is 24.9 Å². The van der Waals surface area contributed by atoms with E-state index in [4.69, 9.17) is 19.6 Å². The Balaban J connectivity index is 4.45. The van der Waals surface area contributed by atoms with Crippen LogP contribution in [0.15, 0.2) is 0 Å². The first-order valence-corrected chi connectivity index (χ1v) is 8.54. The maximum absolute atomic E-state index is 10.8. The standard InChI is InChI=1S/C5H14O6P2S/c1-14-4-2-3-5(12(6,7)8)13(9,10)11/h5H,2-4H2,1H3,(H2,6,7,8)(H2,9,10,11). The smallest absolute Gasteiger partial charge is 0.324 e. The van der Waals surface area contributed by atoms with Gasteiger partial charge < -0.3 is 19.6 Å². The van der Waals surface area contributed by atoms with Crippen LogP contribution in [-0.4, -0.2) is 37.0 Å². The highest BCUT2D eigenvalue weighted by atomic mass is 32.2. The van der Waals surface area contributed by atoms with E-state index in [0.29, 0.717) is 12.2 Å². The van der Waals surface area contributed by atoms with Gasteiger partial charge in [0.25, 0.3) is 0 Å². The molecule has 0 spiro atoms. The van der Waals surface area contributed by atoms with Crippen molar-refractivity contribution in [2.24, 2.45) is 0 Å². The zero-order chi connectivity index (χ0) is 11.4. The molecule has 0 aliphatic heterocycles. The Kier molecular flexibility index (Phi) is 5.92. The van der Waals surface area contributed by atoms with Gasteiger partial charge in [0.2, 0.25) is 0 Å². The summed E-state index contributed by atoms with van der Waals surface area (Å²) in [6.07, 6.45) is 2.03. The molecule has 0 aromatic heterocycles. The number of thioether (sulfide) groups is 1. The largest absolute Gasteiger partial charge is 0.340 e. The average molecular weight is 264 g/mol. The molecule has 0 aliphatic carbocycles. The van der Waals surface area contributed by atoms with Gasteiger partial charge in [0.15, 0.2) is 5.40 Å². The predicted molar refractivity (Wildman–Crippen MR) is 55.5 cm³/mol. The number of hydrogen-bond acceptors (Lipinski definition) is 3. The summed E-state index contributed by atoms with van der Waals surface area (Å²) in [7, 11) is -9.42. The van der Waals surface area contributed by atoms with Crippen molar-refractivity contribution in [2.45, 2.75) is 18.2 Å². The minimum atomic E-state index is -4.71. The van der Waals surface area contributed by atoms with Gasteiger partial charge in [0.05, 0.1) is 0 Å². The third-order valence-corrected chi connectivity index (χ3v) is 6.16. The van der Waals surface area contributed by atoms with Crippen LogP contribution in [0.1, 0.15) is 12.8 Å². The van der Waals surface area contributed by atoms with E-state index < -0.39 is 20.6 Å². The molecule has 0 aromatic rings. The molecular formula is C5H14O6P2S. The molecule has 9 heteroatoms. The molecule has 86 valence electrons. The Morgan fingerprint density at radius 3 is 1.86 bits per heavy atom. The lowest BCUT2D eigenvalue weighted by Gasteiger charge is -2.18. The van der Waals surface area contributed by atoms with Crippen molar-refractivity contribution >= 4 is 27.0 Å². The highest BCUT2D eigenvalue weighted by molar-refractivity contribution is 7.98. The monoisotopic (exact) mass is 264 g/mol. The minimum Gasteiger partial charge on any atom is -0.324 e. The lowest BCUT2D eigenvalue weighted by Crippen LogP contribution is -2.09. The first-order valence-electron chi connectivity index (χ1n) is 3.79. The van der Waals surface area contributed by atoms with Gasteiger partial charge in [-0.2, -0.15) is 11.8 Å². The van der Waals surface area contributed by atoms with E-state index in [9.17, 15) is 9.13 Å². The van der Waals surface area contributed by atoms with E-state index in [1.54, 1.807) is 0 Å². The Morgan fingerprint density at radius 2 is 1.57 bits per heavy atom. The van der Waals surface area contributed by atoms with Crippen LogP contribution in [0.25, 0.3) is 0 Å². The molecule has 14 heavy (non-hydrogen) atoms. The van der Waals surface area contributed by atoms with Crippen LogP contribution in [0.4, 0.5) is 0 Å². The molecule has 0 rings (SSSR count). The van der Waals surface area contributed by atoms with Crippen molar-refractivity contribution in [3.05, 3.63) is 0 Å². The summed E-state index contributed by atoms with van der Waals surface area (Å²) in [6, 6.07) is 0. The van der Waals surface area contributed by atoms with Crippen LogP contribution in [0.3, 0.4) is 0 Å². The van der Waals surface area contributed by atoms with Gasteiger partial charge in [0, 0.05) is 0 Å². The fraction of sp³-hybridized carbons (Fsp3) is 1.00. The molecule has 0 fully saturated rings. The first kappa shape index (κ1) is 14.6. The molecule has 0 saturated heterocycles. The van der Waals surface area contributed by atoms with Crippen LogP contribution in [0.2, 0.25) is 0 Å². The second-order valence-corrected chi connectivity index (χ2v) is 7.79. The molecule has 0 atom stereocenters. The normalized spacial score (nSPS) is 13.6. The van der Waals surface area contributed by atoms with Gasteiger partial charge in [-0.15, -0.1) is 0 Å². The molecule has 0 saturated carbocycles. The third-order valence-electron chi connectivity index (χ3n) is 1.59. The Morgan fingerprint density at radius 1 is 1.14 bits per heavy atom. The molecule has 0 aliphatic rings. The van der Waals surface area contributed by atoms with Crippen LogP contribution < -0.4 is 0 Å². The van der Waals surface area contributed by atoms with Crippen LogP contribution in [-0.2, 0) is 9.13 Å². The zero-order valence-corrected chi connectivity index (χ0v) is 10.2. The van der Waals surface area contributed by atoms with Gasteiger partial charge in [-0.1, -0.05) is 0 Å². The second-order valence-electron chi connectivity index (χ2n) is 2.79. The molecule has 0 unspecified atom stereocenters. The summed E-state index contributed by atoms with van der Waals surface area (Å²) >= 11 is 1.46. The van der Waals surface area contributed by atoms with E-state index in [-0.39, 0.29) is 6.42 Å². The lowest BCUT2D eigenvalue weighted by molar-refractivity contribution is 0.335. The molecular weight excluding hydrogens is 250 g/mol. The van der Waals surface area contributed by atoms with Gasteiger partial charge in [-0.25, -0.2) is 0 Å².